The lowest BCUT2D eigenvalue weighted by atomic mass is 10.1. The van der Waals surface area contributed by atoms with Crippen LogP contribution in [0.25, 0.3) is 0 Å². The maximum atomic E-state index is 11.9. The standard InChI is InChI=1S/C14H23N3O4S/c1-3-11(14(15)21)17-6-10(4-13(17)20)5-16-12(19)8-22-7-9(2)18/h10-11H,3-8H2,1-2H3,(H2,15,21)(H,16,19)/t10?,11-/m1/s1. The lowest BCUT2D eigenvalue weighted by molar-refractivity contribution is -0.136. The largest absolute Gasteiger partial charge is 0.368 e. The number of hydrogen-bond donors (Lipinski definition) is 2. The summed E-state index contributed by atoms with van der Waals surface area (Å²) in [5.74, 6) is -0.186. The molecule has 22 heavy (non-hydrogen) atoms. The Morgan fingerprint density at radius 3 is 2.64 bits per heavy atom. The Morgan fingerprint density at radius 1 is 1.41 bits per heavy atom. The normalized spacial score (nSPS) is 19.1. The van der Waals surface area contributed by atoms with Crippen molar-refractivity contribution in [3.05, 3.63) is 0 Å². The Balaban J connectivity index is 2.36. The van der Waals surface area contributed by atoms with Crippen molar-refractivity contribution in [2.75, 3.05) is 24.6 Å². The fraction of sp³-hybridized carbons (Fsp3) is 0.714. The zero-order valence-electron chi connectivity index (χ0n) is 13.0. The average molecular weight is 329 g/mol. The van der Waals surface area contributed by atoms with E-state index in [0.717, 1.165) is 0 Å². The molecule has 1 aliphatic heterocycles. The Bertz CT molecular complexity index is 455. The molecule has 124 valence electrons. The van der Waals surface area contributed by atoms with E-state index in [0.29, 0.717) is 31.7 Å². The first-order valence-electron chi connectivity index (χ1n) is 7.27. The van der Waals surface area contributed by atoms with Gasteiger partial charge in [0.05, 0.1) is 11.5 Å². The summed E-state index contributed by atoms with van der Waals surface area (Å²) in [6, 6.07) is -0.570. The predicted octanol–water partition coefficient (Wildman–Crippen LogP) is -0.463. The molecular weight excluding hydrogens is 306 g/mol. The zero-order valence-corrected chi connectivity index (χ0v) is 13.8. The van der Waals surface area contributed by atoms with Crippen LogP contribution in [0.4, 0.5) is 0 Å². The van der Waals surface area contributed by atoms with Crippen molar-refractivity contribution < 1.29 is 19.2 Å². The first-order valence-corrected chi connectivity index (χ1v) is 8.43. The van der Waals surface area contributed by atoms with Crippen LogP contribution in [0.5, 0.6) is 0 Å². The second-order valence-electron chi connectivity index (χ2n) is 5.44. The molecule has 1 saturated heterocycles. The molecule has 2 atom stereocenters. The Kier molecular flexibility index (Phi) is 7.37. The van der Waals surface area contributed by atoms with E-state index in [1.165, 1.54) is 23.6 Å². The molecule has 0 aromatic heterocycles. The van der Waals surface area contributed by atoms with Gasteiger partial charge in [0, 0.05) is 25.4 Å². The van der Waals surface area contributed by atoms with Crippen molar-refractivity contribution in [1.29, 1.82) is 0 Å². The van der Waals surface area contributed by atoms with Gasteiger partial charge < -0.3 is 16.0 Å². The third-order valence-corrected chi connectivity index (χ3v) is 4.53. The maximum Gasteiger partial charge on any atom is 0.240 e. The summed E-state index contributed by atoms with van der Waals surface area (Å²) in [4.78, 5) is 47.2. The van der Waals surface area contributed by atoms with Crippen LogP contribution in [0.2, 0.25) is 0 Å². The van der Waals surface area contributed by atoms with Crippen LogP contribution >= 0.6 is 11.8 Å². The van der Waals surface area contributed by atoms with Gasteiger partial charge in [-0.2, -0.15) is 0 Å². The van der Waals surface area contributed by atoms with E-state index < -0.39 is 11.9 Å². The highest BCUT2D eigenvalue weighted by atomic mass is 32.2. The number of ketones is 1. The lowest BCUT2D eigenvalue weighted by Crippen LogP contribution is -2.45. The van der Waals surface area contributed by atoms with E-state index in [2.05, 4.69) is 5.32 Å². The van der Waals surface area contributed by atoms with E-state index in [1.54, 1.807) is 0 Å². The smallest absolute Gasteiger partial charge is 0.240 e. The van der Waals surface area contributed by atoms with Crippen LogP contribution in [-0.2, 0) is 19.2 Å². The summed E-state index contributed by atoms with van der Waals surface area (Å²) < 4.78 is 0. The number of Topliss-reactive ketones (excluding diaryl/α,β-unsaturated/α-hetero) is 1. The average Bonchev–Trinajstić information content (AvgIpc) is 2.78. The molecular formula is C14H23N3O4S. The maximum absolute atomic E-state index is 11.9. The van der Waals surface area contributed by atoms with Gasteiger partial charge in [0.25, 0.3) is 0 Å². The van der Waals surface area contributed by atoms with E-state index in [4.69, 9.17) is 5.73 Å². The van der Waals surface area contributed by atoms with Crippen molar-refractivity contribution >= 4 is 35.3 Å². The molecule has 1 rings (SSSR count). The van der Waals surface area contributed by atoms with E-state index in [1.807, 2.05) is 6.92 Å². The van der Waals surface area contributed by atoms with Gasteiger partial charge in [-0.1, -0.05) is 6.92 Å². The van der Waals surface area contributed by atoms with E-state index in [-0.39, 0.29) is 29.3 Å². The Labute approximate surface area is 134 Å². The van der Waals surface area contributed by atoms with Gasteiger partial charge in [-0.15, -0.1) is 11.8 Å². The molecule has 0 spiro atoms. The first kappa shape index (κ1) is 18.5. The van der Waals surface area contributed by atoms with Crippen LogP contribution in [0.3, 0.4) is 0 Å². The number of hydrogen-bond acceptors (Lipinski definition) is 5. The molecule has 0 aromatic carbocycles. The summed E-state index contributed by atoms with van der Waals surface area (Å²) >= 11 is 1.27. The van der Waals surface area contributed by atoms with Crippen LogP contribution < -0.4 is 11.1 Å². The van der Waals surface area contributed by atoms with Crippen LogP contribution in [-0.4, -0.2) is 59.0 Å². The molecule has 1 aliphatic rings. The number of rotatable bonds is 9. The number of likely N-dealkylation sites (tertiary alicyclic amines) is 1. The van der Waals surface area contributed by atoms with E-state index >= 15 is 0 Å². The van der Waals surface area contributed by atoms with Crippen molar-refractivity contribution in [3.8, 4) is 0 Å². The number of carbonyl (C=O) groups excluding carboxylic acids is 4. The number of amides is 3. The summed E-state index contributed by atoms with van der Waals surface area (Å²) in [6.45, 7) is 4.11. The second-order valence-corrected chi connectivity index (χ2v) is 6.43. The number of carbonyl (C=O) groups is 4. The minimum atomic E-state index is -0.570. The number of primary amides is 1. The third-order valence-electron chi connectivity index (χ3n) is 3.46. The number of nitrogens with one attached hydrogen (secondary N) is 1. The second kappa shape index (κ2) is 8.77. The van der Waals surface area contributed by atoms with E-state index in [9.17, 15) is 19.2 Å². The number of nitrogens with zero attached hydrogens (tertiary/aromatic N) is 1. The highest BCUT2D eigenvalue weighted by Gasteiger charge is 2.35. The quantitative estimate of drug-likeness (QED) is 0.595. The molecule has 1 fully saturated rings. The Hall–Kier alpha value is -1.57. The molecule has 8 heteroatoms. The van der Waals surface area contributed by atoms with Gasteiger partial charge in [-0.3, -0.25) is 19.2 Å². The molecule has 0 aromatic rings. The number of thioether (sulfide) groups is 1. The van der Waals surface area contributed by atoms with Crippen molar-refractivity contribution in [2.24, 2.45) is 11.7 Å². The molecule has 0 saturated carbocycles. The molecule has 3 N–H and O–H groups in total. The van der Waals surface area contributed by atoms with Gasteiger partial charge in [-0.05, 0) is 13.3 Å². The van der Waals surface area contributed by atoms with Gasteiger partial charge in [0.15, 0.2) is 0 Å². The highest BCUT2D eigenvalue weighted by Crippen LogP contribution is 2.21. The molecule has 0 aliphatic carbocycles. The van der Waals surface area contributed by atoms with Gasteiger partial charge in [0.1, 0.15) is 11.8 Å². The highest BCUT2D eigenvalue weighted by molar-refractivity contribution is 8.00. The summed E-state index contributed by atoms with van der Waals surface area (Å²) in [5, 5.41) is 2.76. The molecule has 0 radical (unpaired) electrons. The van der Waals surface area contributed by atoms with Crippen LogP contribution in [0.15, 0.2) is 0 Å². The van der Waals surface area contributed by atoms with Gasteiger partial charge in [0.2, 0.25) is 17.7 Å². The minimum absolute atomic E-state index is 0.0114. The SMILES string of the molecule is CC[C@H](C(N)=O)N1CC(CNC(=O)CSCC(C)=O)CC1=O. The van der Waals surface area contributed by atoms with Crippen molar-refractivity contribution in [1.82, 2.24) is 10.2 Å². The monoisotopic (exact) mass is 329 g/mol. The van der Waals surface area contributed by atoms with Gasteiger partial charge >= 0.3 is 0 Å². The van der Waals surface area contributed by atoms with Gasteiger partial charge in [-0.25, -0.2) is 0 Å². The summed E-state index contributed by atoms with van der Waals surface area (Å²) in [6.07, 6.45) is 0.798. The molecule has 1 heterocycles. The van der Waals surface area contributed by atoms with Crippen molar-refractivity contribution in [2.45, 2.75) is 32.7 Å². The summed E-state index contributed by atoms with van der Waals surface area (Å²) in [7, 11) is 0. The Morgan fingerprint density at radius 2 is 2.09 bits per heavy atom. The van der Waals surface area contributed by atoms with Crippen LogP contribution in [0.1, 0.15) is 26.7 Å². The topological polar surface area (TPSA) is 110 Å². The molecule has 0 bridgehead atoms. The summed E-state index contributed by atoms with van der Waals surface area (Å²) in [5.41, 5.74) is 5.30. The zero-order chi connectivity index (χ0) is 16.7. The lowest BCUT2D eigenvalue weighted by Gasteiger charge is -2.24. The number of nitrogens with two attached hydrogens (primary N) is 1. The third kappa shape index (κ3) is 5.67. The minimum Gasteiger partial charge on any atom is -0.368 e. The molecule has 3 amide bonds. The predicted molar refractivity (Wildman–Crippen MR) is 84.1 cm³/mol. The molecule has 7 nitrogen and oxygen atoms in total. The first-order chi connectivity index (χ1) is 10.3. The van der Waals surface area contributed by atoms with Crippen LogP contribution in [0, 0.1) is 5.92 Å². The molecule has 1 unspecified atom stereocenters. The fourth-order valence-electron chi connectivity index (χ4n) is 2.42. The fourth-order valence-corrected chi connectivity index (χ4v) is 3.10. The van der Waals surface area contributed by atoms with Crippen molar-refractivity contribution in [3.63, 3.8) is 0 Å².